The Morgan fingerprint density at radius 3 is 3.00 bits per heavy atom. The van der Waals surface area contributed by atoms with Crippen LogP contribution in [0, 0.1) is 5.92 Å². The monoisotopic (exact) mass is 220 g/mol. The largest absolute Gasteiger partial charge is 0.469 e. The average Bonchev–Trinajstić information content (AvgIpc) is 2.81. The van der Waals surface area contributed by atoms with Gasteiger partial charge in [0.15, 0.2) is 5.78 Å². The maximum absolute atomic E-state index is 11.6. The fraction of sp³-hybridized carbons (Fsp3) is 0.333. The fourth-order valence-electron chi connectivity index (χ4n) is 1.92. The van der Waals surface area contributed by atoms with Crippen LogP contribution in [-0.4, -0.2) is 18.9 Å². The molecule has 0 bridgehead atoms. The molecule has 0 fully saturated rings. The molecule has 4 heteroatoms. The lowest BCUT2D eigenvalue weighted by atomic mass is 9.82. The van der Waals surface area contributed by atoms with Gasteiger partial charge in [0.25, 0.3) is 0 Å². The van der Waals surface area contributed by atoms with Crippen molar-refractivity contribution in [2.45, 2.75) is 12.3 Å². The summed E-state index contributed by atoms with van der Waals surface area (Å²) in [4.78, 5) is 22.9. The molecule has 2 atom stereocenters. The van der Waals surface area contributed by atoms with Crippen molar-refractivity contribution in [3.8, 4) is 0 Å². The molecule has 16 heavy (non-hydrogen) atoms. The van der Waals surface area contributed by atoms with Gasteiger partial charge in [0, 0.05) is 12.3 Å². The number of carbonyl (C=O) groups is 2. The minimum Gasteiger partial charge on any atom is -0.469 e. The highest BCUT2D eigenvalue weighted by molar-refractivity contribution is 5.93. The Balaban J connectivity index is 2.30. The summed E-state index contributed by atoms with van der Waals surface area (Å²) < 4.78 is 9.96. The quantitative estimate of drug-likeness (QED) is 0.711. The molecular formula is C12H12O4. The average molecular weight is 220 g/mol. The van der Waals surface area contributed by atoms with Crippen LogP contribution in [0.1, 0.15) is 18.1 Å². The first-order chi connectivity index (χ1) is 7.72. The Bertz CT molecular complexity index is 416. The van der Waals surface area contributed by atoms with Crippen LogP contribution >= 0.6 is 0 Å². The molecule has 2 rings (SSSR count). The van der Waals surface area contributed by atoms with Gasteiger partial charge in [-0.25, -0.2) is 0 Å². The van der Waals surface area contributed by atoms with Gasteiger partial charge >= 0.3 is 5.97 Å². The lowest BCUT2D eigenvalue weighted by Crippen LogP contribution is -2.26. The maximum atomic E-state index is 11.6. The highest BCUT2D eigenvalue weighted by Crippen LogP contribution is 2.33. The Labute approximate surface area is 92.9 Å². The zero-order valence-electron chi connectivity index (χ0n) is 8.88. The van der Waals surface area contributed by atoms with Crippen molar-refractivity contribution in [1.29, 1.82) is 0 Å². The van der Waals surface area contributed by atoms with E-state index in [-0.39, 0.29) is 24.1 Å². The second kappa shape index (κ2) is 4.35. The molecule has 1 aromatic rings. The molecule has 1 heterocycles. The number of carbonyl (C=O) groups excluding carboxylic acids is 2. The molecule has 0 aliphatic heterocycles. The summed E-state index contributed by atoms with van der Waals surface area (Å²) in [6.45, 7) is 0. The molecule has 0 radical (unpaired) electrons. The van der Waals surface area contributed by atoms with E-state index in [1.165, 1.54) is 19.4 Å². The highest BCUT2D eigenvalue weighted by Gasteiger charge is 2.34. The van der Waals surface area contributed by atoms with Crippen LogP contribution in [0.3, 0.4) is 0 Å². The van der Waals surface area contributed by atoms with E-state index in [0.717, 1.165) is 0 Å². The van der Waals surface area contributed by atoms with Gasteiger partial charge in [-0.05, 0) is 18.2 Å². The topological polar surface area (TPSA) is 56.5 Å². The van der Waals surface area contributed by atoms with Crippen LogP contribution in [-0.2, 0) is 14.3 Å². The fourth-order valence-corrected chi connectivity index (χ4v) is 1.92. The number of furan rings is 1. The van der Waals surface area contributed by atoms with Crippen molar-refractivity contribution in [1.82, 2.24) is 0 Å². The van der Waals surface area contributed by atoms with Gasteiger partial charge < -0.3 is 9.15 Å². The van der Waals surface area contributed by atoms with Gasteiger partial charge in [-0.2, -0.15) is 0 Å². The SMILES string of the molecule is COC(=O)C1C=CC(=O)CC1c1ccco1. The molecular weight excluding hydrogens is 208 g/mol. The molecule has 4 nitrogen and oxygen atoms in total. The first-order valence-electron chi connectivity index (χ1n) is 5.04. The number of esters is 1. The zero-order chi connectivity index (χ0) is 11.5. The van der Waals surface area contributed by atoms with E-state index in [2.05, 4.69) is 0 Å². The van der Waals surface area contributed by atoms with Gasteiger partial charge in [0.05, 0.1) is 19.3 Å². The number of ether oxygens (including phenoxy) is 1. The second-order valence-corrected chi connectivity index (χ2v) is 3.70. The molecule has 84 valence electrons. The number of ketones is 1. The van der Waals surface area contributed by atoms with E-state index < -0.39 is 5.92 Å². The van der Waals surface area contributed by atoms with E-state index in [9.17, 15) is 9.59 Å². The first kappa shape index (κ1) is 10.7. The molecule has 1 aromatic heterocycles. The van der Waals surface area contributed by atoms with Gasteiger partial charge in [0.2, 0.25) is 0 Å². The second-order valence-electron chi connectivity index (χ2n) is 3.70. The first-order valence-corrected chi connectivity index (χ1v) is 5.04. The van der Waals surface area contributed by atoms with Crippen LogP contribution in [0.4, 0.5) is 0 Å². The lowest BCUT2D eigenvalue weighted by molar-refractivity contribution is -0.144. The molecule has 1 aliphatic carbocycles. The van der Waals surface area contributed by atoms with E-state index in [0.29, 0.717) is 5.76 Å². The van der Waals surface area contributed by atoms with Gasteiger partial charge in [-0.15, -0.1) is 0 Å². The minimum absolute atomic E-state index is 0.00144. The van der Waals surface area contributed by atoms with Gasteiger partial charge in [-0.1, -0.05) is 6.08 Å². The van der Waals surface area contributed by atoms with Crippen molar-refractivity contribution >= 4 is 11.8 Å². The van der Waals surface area contributed by atoms with Crippen molar-refractivity contribution in [2.75, 3.05) is 7.11 Å². The third-order valence-electron chi connectivity index (χ3n) is 2.73. The van der Waals surface area contributed by atoms with Crippen LogP contribution in [0.15, 0.2) is 35.0 Å². The zero-order valence-corrected chi connectivity index (χ0v) is 8.88. The lowest BCUT2D eigenvalue weighted by Gasteiger charge is -2.22. The molecule has 1 aliphatic rings. The van der Waals surface area contributed by atoms with Crippen LogP contribution in [0.25, 0.3) is 0 Å². The van der Waals surface area contributed by atoms with Crippen LogP contribution in [0.5, 0.6) is 0 Å². The van der Waals surface area contributed by atoms with Crippen molar-refractivity contribution in [2.24, 2.45) is 5.92 Å². The third-order valence-corrected chi connectivity index (χ3v) is 2.73. The standard InChI is InChI=1S/C12H12O4/c1-15-12(14)9-5-4-8(13)7-10(9)11-3-2-6-16-11/h2-6,9-10H,7H2,1H3. The summed E-state index contributed by atoms with van der Waals surface area (Å²) in [5.41, 5.74) is 0. The molecule has 0 saturated heterocycles. The van der Waals surface area contributed by atoms with Crippen molar-refractivity contribution in [3.05, 3.63) is 36.3 Å². The molecule has 0 aromatic carbocycles. The Hall–Kier alpha value is -1.84. The number of rotatable bonds is 2. The summed E-state index contributed by atoms with van der Waals surface area (Å²) in [6.07, 6.45) is 4.84. The summed E-state index contributed by atoms with van der Waals surface area (Å²) >= 11 is 0. The summed E-state index contributed by atoms with van der Waals surface area (Å²) in [7, 11) is 1.34. The smallest absolute Gasteiger partial charge is 0.313 e. The Morgan fingerprint density at radius 1 is 1.56 bits per heavy atom. The predicted molar refractivity (Wildman–Crippen MR) is 55.7 cm³/mol. The van der Waals surface area contributed by atoms with E-state index in [1.54, 1.807) is 18.2 Å². The summed E-state index contributed by atoms with van der Waals surface area (Å²) in [5, 5.41) is 0. The van der Waals surface area contributed by atoms with Crippen molar-refractivity contribution < 1.29 is 18.7 Å². The highest BCUT2D eigenvalue weighted by atomic mass is 16.5. The number of hydrogen-bond acceptors (Lipinski definition) is 4. The molecule has 0 spiro atoms. The number of allylic oxidation sites excluding steroid dienone is 1. The van der Waals surface area contributed by atoms with E-state index in [4.69, 9.17) is 9.15 Å². The number of hydrogen-bond donors (Lipinski definition) is 0. The minimum atomic E-state index is -0.436. The van der Waals surface area contributed by atoms with Crippen molar-refractivity contribution in [3.63, 3.8) is 0 Å². The Morgan fingerprint density at radius 2 is 2.38 bits per heavy atom. The predicted octanol–water partition coefficient (Wildman–Crippen LogP) is 1.68. The summed E-state index contributed by atoms with van der Waals surface area (Å²) in [5.74, 6) is -0.381. The molecule has 0 N–H and O–H groups in total. The number of methoxy groups -OCH3 is 1. The summed E-state index contributed by atoms with van der Waals surface area (Å²) in [6, 6.07) is 3.51. The molecule has 0 amide bonds. The maximum Gasteiger partial charge on any atom is 0.313 e. The normalized spacial score (nSPS) is 24.4. The van der Waals surface area contributed by atoms with Gasteiger partial charge in [-0.3, -0.25) is 9.59 Å². The molecule has 2 unspecified atom stereocenters. The van der Waals surface area contributed by atoms with E-state index >= 15 is 0 Å². The third kappa shape index (κ3) is 1.91. The molecule has 0 saturated carbocycles. The Kier molecular flexibility index (Phi) is 2.90. The van der Waals surface area contributed by atoms with Gasteiger partial charge in [0.1, 0.15) is 5.76 Å². The van der Waals surface area contributed by atoms with Crippen LogP contribution in [0.2, 0.25) is 0 Å². The van der Waals surface area contributed by atoms with E-state index in [1.807, 2.05) is 0 Å². The van der Waals surface area contributed by atoms with Crippen LogP contribution < -0.4 is 0 Å².